The summed E-state index contributed by atoms with van der Waals surface area (Å²) in [7, 11) is 0. The van der Waals surface area contributed by atoms with Crippen LogP contribution in [0, 0.1) is 0 Å². The van der Waals surface area contributed by atoms with E-state index in [2.05, 4.69) is 26.1 Å². The Hall–Kier alpha value is -0.0800. The molecule has 1 aliphatic heterocycles. The van der Waals surface area contributed by atoms with Crippen molar-refractivity contribution in [2.45, 2.75) is 83.8 Å². The van der Waals surface area contributed by atoms with Crippen LogP contribution < -0.4 is 5.32 Å². The molecular formula is C15H31NO. The minimum atomic E-state index is 0.0318. The molecule has 0 aliphatic carbocycles. The van der Waals surface area contributed by atoms with Crippen molar-refractivity contribution >= 4 is 0 Å². The molecule has 0 aromatic rings. The molecule has 1 N–H and O–H groups in total. The first-order valence-corrected chi connectivity index (χ1v) is 7.52. The smallest absolute Gasteiger partial charge is 0.0754 e. The van der Waals surface area contributed by atoms with Crippen molar-refractivity contribution in [1.29, 1.82) is 0 Å². The van der Waals surface area contributed by atoms with Crippen molar-refractivity contribution in [2.75, 3.05) is 13.1 Å². The predicted octanol–water partition coefficient (Wildman–Crippen LogP) is 3.89. The summed E-state index contributed by atoms with van der Waals surface area (Å²) in [5.41, 5.74) is 0.0318. The average molecular weight is 241 g/mol. The minimum absolute atomic E-state index is 0.0318. The molecule has 2 nitrogen and oxygen atoms in total. The third kappa shape index (κ3) is 7.05. The first-order valence-electron chi connectivity index (χ1n) is 7.52. The summed E-state index contributed by atoms with van der Waals surface area (Å²) in [6, 6.07) is 0. The van der Waals surface area contributed by atoms with Gasteiger partial charge in [-0.3, -0.25) is 0 Å². The molecule has 1 unspecified atom stereocenters. The van der Waals surface area contributed by atoms with Crippen molar-refractivity contribution in [3.8, 4) is 0 Å². The molecule has 1 fully saturated rings. The van der Waals surface area contributed by atoms with E-state index in [1.807, 2.05) is 0 Å². The quantitative estimate of drug-likeness (QED) is 0.651. The molecule has 1 saturated heterocycles. The largest absolute Gasteiger partial charge is 0.370 e. The van der Waals surface area contributed by atoms with Gasteiger partial charge in [-0.05, 0) is 20.3 Å². The summed E-state index contributed by atoms with van der Waals surface area (Å²) < 4.78 is 6.06. The van der Waals surface area contributed by atoms with Crippen LogP contribution in [-0.4, -0.2) is 24.8 Å². The number of morpholine rings is 1. The molecule has 17 heavy (non-hydrogen) atoms. The number of rotatable bonds is 8. The molecule has 1 rings (SSSR count). The van der Waals surface area contributed by atoms with Crippen LogP contribution in [0.25, 0.3) is 0 Å². The zero-order valence-corrected chi connectivity index (χ0v) is 12.1. The lowest BCUT2D eigenvalue weighted by atomic mass is 10.0. The number of hydrogen-bond acceptors (Lipinski definition) is 2. The monoisotopic (exact) mass is 241 g/mol. The molecular weight excluding hydrogens is 210 g/mol. The van der Waals surface area contributed by atoms with Crippen LogP contribution in [0.4, 0.5) is 0 Å². The van der Waals surface area contributed by atoms with Gasteiger partial charge in [-0.25, -0.2) is 0 Å². The molecule has 0 aromatic heterocycles. The van der Waals surface area contributed by atoms with E-state index in [9.17, 15) is 0 Å². The Bertz CT molecular complexity index is 191. The summed E-state index contributed by atoms with van der Waals surface area (Å²) in [5, 5.41) is 3.47. The highest BCUT2D eigenvalue weighted by Crippen LogP contribution is 2.19. The third-order valence-corrected chi connectivity index (χ3v) is 3.54. The second-order valence-corrected chi connectivity index (χ2v) is 6.04. The first-order chi connectivity index (χ1) is 8.14. The molecule has 0 spiro atoms. The van der Waals surface area contributed by atoms with E-state index in [1.54, 1.807) is 0 Å². The molecule has 1 atom stereocenters. The fraction of sp³-hybridized carbons (Fsp3) is 1.00. The van der Waals surface area contributed by atoms with Crippen LogP contribution in [0.15, 0.2) is 0 Å². The van der Waals surface area contributed by atoms with Crippen LogP contribution in [0.3, 0.4) is 0 Å². The number of nitrogens with one attached hydrogen (secondary N) is 1. The molecule has 102 valence electrons. The molecule has 0 saturated carbocycles. The Morgan fingerprint density at radius 1 is 1.06 bits per heavy atom. The molecule has 0 aromatic carbocycles. The van der Waals surface area contributed by atoms with E-state index >= 15 is 0 Å². The minimum Gasteiger partial charge on any atom is -0.370 e. The molecule has 1 heterocycles. The van der Waals surface area contributed by atoms with Gasteiger partial charge >= 0.3 is 0 Å². The fourth-order valence-electron chi connectivity index (χ4n) is 2.56. The molecule has 0 bridgehead atoms. The van der Waals surface area contributed by atoms with E-state index in [1.165, 1.54) is 51.4 Å². The summed E-state index contributed by atoms with van der Waals surface area (Å²) in [5.74, 6) is 0. The number of hydrogen-bond donors (Lipinski definition) is 1. The Morgan fingerprint density at radius 3 is 2.35 bits per heavy atom. The second kappa shape index (κ2) is 8.10. The van der Waals surface area contributed by atoms with Gasteiger partial charge < -0.3 is 10.1 Å². The Labute approximate surface area is 108 Å². The van der Waals surface area contributed by atoms with Gasteiger partial charge in [0, 0.05) is 13.1 Å². The summed E-state index contributed by atoms with van der Waals surface area (Å²) in [6.45, 7) is 8.66. The Morgan fingerprint density at radius 2 is 1.71 bits per heavy atom. The highest BCUT2D eigenvalue weighted by molar-refractivity contribution is 4.81. The van der Waals surface area contributed by atoms with E-state index in [0.717, 1.165) is 13.1 Å². The summed E-state index contributed by atoms with van der Waals surface area (Å²) in [6.07, 6.45) is 11.4. The third-order valence-electron chi connectivity index (χ3n) is 3.54. The molecule has 0 amide bonds. The SMILES string of the molecule is CCCCCCCCCC1CNCC(C)(C)O1. The van der Waals surface area contributed by atoms with Crippen molar-refractivity contribution in [3.63, 3.8) is 0 Å². The lowest BCUT2D eigenvalue weighted by Crippen LogP contribution is -2.50. The molecule has 1 aliphatic rings. The highest BCUT2D eigenvalue weighted by atomic mass is 16.5. The van der Waals surface area contributed by atoms with Gasteiger partial charge in [0.25, 0.3) is 0 Å². The summed E-state index contributed by atoms with van der Waals surface area (Å²) in [4.78, 5) is 0. The zero-order valence-electron chi connectivity index (χ0n) is 12.1. The van der Waals surface area contributed by atoms with Crippen LogP contribution >= 0.6 is 0 Å². The van der Waals surface area contributed by atoms with Gasteiger partial charge in [0.15, 0.2) is 0 Å². The maximum Gasteiger partial charge on any atom is 0.0754 e. The van der Waals surface area contributed by atoms with Gasteiger partial charge in [0.2, 0.25) is 0 Å². The van der Waals surface area contributed by atoms with Crippen molar-refractivity contribution in [1.82, 2.24) is 5.32 Å². The summed E-state index contributed by atoms with van der Waals surface area (Å²) >= 11 is 0. The Kier molecular flexibility index (Phi) is 7.14. The fourth-order valence-corrected chi connectivity index (χ4v) is 2.56. The maximum absolute atomic E-state index is 6.06. The predicted molar refractivity (Wildman–Crippen MR) is 74.4 cm³/mol. The molecule has 2 heteroatoms. The standard InChI is InChI=1S/C15H31NO/c1-4-5-6-7-8-9-10-11-14-12-16-13-15(2,3)17-14/h14,16H,4-13H2,1-3H3. The Balaban J connectivity index is 1.95. The molecule has 0 radical (unpaired) electrons. The van der Waals surface area contributed by atoms with Gasteiger partial charge in [-0.1, -0.05) is 51.9 Å². The zero-order chi connectivity index (χ0) is 12.6. The number of unbranched alkanes of at least 4 members (excludes halogenated alkanes) is 6. The first kappa shape index (κ1) is 15.0. The van der Waals surface area contributed by atoms with Gasteiger partial charge in [0.1, 0.15) is 0 Å². The van der Waals surface area contributed by atoms with Crippen LogP contribution in [-0.2, 0) is 4.74 Å². The lowest BCUT2D eigenvalue weighted by molar-refractivity contribution is -0.0967. The van der Waals surface area contributed by atoms with E-state index in [0.29, 0.717) is 6.10 Å². The van der Waals surface area contributed by atoms with Crippen molar-refractivity contribution < 1.29 is 4.74 Å². The second-order valence-electron chi connectivity index (χ2n) is 6.04. The van der Waals surface area contributed by atoms with Gasteiger partial charge in [-0.2, -0.15) is 0 Å². The highest BCUT2D eigenvalue weighted by Gasteiger charge is 2.27. The van der Waals surface area contributed by atoms with Crippen molar-refractivity contribution in [2.24, 2.45) is 0 Å². The van der Waals surface area contributed by atoms with Gasteiger partial charge in [0.05, 0.1) is 11.7 Å². The van der Waals surface area contributed by atoms with Gasteiger partial charge in [-0.15, -0.1) is 0 Å². The van der Waals surface area contributed by atoms with Crippen LogP contribution in [0.5, 0.6) is 0 Å². The van der Waals surface area contributed by atoms with Crippen LogP contribution in [0.1, 0.15) is 72.1 Å². The van der Waals surface area contributed by atoms with E-state index in [-0.39, 0.29) is 5.60 Å². The van der Waals surface area contributed by atoms with Crippen molar-refractivity contribution in [3.05, 3.63) is 0 Å². The lowest BCUT2D eigenvalue weighted by Gasteiger charge is -2.36. The van der Waals surface area contributed by atoms with E-state index < -0.39 is 0 Å². The van der Waals surface area contributed by atoms with Crippen LogP contribution in [0.2, 0.25) is 0 Å². The number of ether oxygens (including phenoxy) is 1. The topological polar surface area (TPSA) is 21.3 Å². The van der Waals surface area contributed by atoms with E-state index in [4.69, 9.17) is 4.74 Å². The normalized spacial score (nSPS) is 23.8. The maximum atomic E-state index is 6.06. The average Bonchev–Trinajstić information content (AvgIpc) is 2.27.